The standard InChI is InChI=1S/C23H29N5O2/c1-23(9-4-10-23)22(30)27(2)19-8-12-28(16-19)21(29)18-6-7-20(26-15-18)25-14-17-5-3-11-24-13-17/h3,5-7,11,13,15,19H,4,8-10,12,14,16H2,1-2H3,(H,25,26)/t19-/m0/s1. The number of amides is 2. The van der Waals surface area contributed by atoms with Crippen molar-refractivity contribution in [3.05, 3.63) is 54.0 Å². The van der Waals surface area contributed by atoms with Gasteiger partial charge in [-0.25, -0.2) is 4.98 Å². The Morgan fingerprint density at radius 2 is 2.10 bits per heavy atom. The molecule has 1 N–H and O–H groups in total. The van der Waals surface area contributed by atoms with Gasteiger partial charge in [0.1, 0.15) is 5.82 Å². The lowest BCUT2D eigenvalue weighted by Gasteiger charge is -2.41. The molecular formula is C23H29N5O2. The highest BCUT2D eigenvalue weighted by Crippen LogP contribution is 2.42. The van der Waals surface area contributed by atoms with Gasteiger partial charge in [-0.1, -0.05) is 19.4 Å². The molecule has 2 fully saturated rings. The fourth-order valence-corrected chi connectivity index (χ4v) is 4.26. The van der Waals surface area contributed by atoms with Crippen LogP contribution in [0.5, 0.6) is 0 Å². The first-order valence-electron chi connectivity index (χ1n) is 10.6. The number of likely N-dealkylation sites (N-methyl/N-ethyl adjacent to an activating group) is 1. The minimum Gasteiger partial charge on any atom is -0.366 e. The van der Waals surface area contributed by atoms with Crippen LogP contribution in [-0.4, -0.2) is 57.8 Å². The maximum absolute atomic E-state index is 12.9. The van der Waals surface area contributed by atoms with E-state index in [2.05, 4.69) is 22.2 Å². The van der Waals surface area contributed by atoms with Gasteiger partial charge in [0.05, 0.1) is 11.6 Å². The highest BCUT2D eigenvalue weighted by molar-refractivity contribution is 5.94. The number of anilines is 1. The van der Waals surface area contributed by atoms with E-state index >= 15 is 0 Å². The number of carbonyl (C=O) groups is 2. The van der Waals surface area contributed by atoms with Crippen molar-refractivity contribution in [2.24, 2.45) is 5.41 Å². The van der Waals surface area contributed by atoms with Crippen molar-refractivity contribution >= 4 is 17.6 Å². The van der Waals surface area contributed by atoms with Crippen LogP contribution in [-0.2, 0) is 11.3 Å². The molecule has 1 aliphatic heterocycles. The molecule has 0 bridgehead atoms. The van der Waals surface area contributed by atoms with Gasteiger partial charge in [-0.3, -0.25) is 14.6 Å². The van der Waals surface area contributed by atoms with E-state index in [4.69, 9.17) is 0 Å². The number of pyridine rings is 2. The Morgan fingerprint density at radius 3 is 2.73 bits per heavy atom. The summed E-state index contributed by atoms with van der Waals surface area (Å²) in [5.41, 5.74) is 1.44. The molecule has 30 heavy (non-hydrogen) atoms. The Hall–Kier alpha value is -2.96. The van der Waals surface area contributed by atoms with Gasteiger partial charge in [0.15, 0.2) is 0 Å². The molecule has 1 aliphatic carbocycles. The normalized spacial score (nSPS) is 19.8. The first kappa shape index (κ1) is 20.3. The van der Waals surface area contributed by atoms with Crippen molar-refractivity contribution in [3.63, 3.8) is 0 Å². The van der Waals surface area contributed by atoms with E-state index in [9.17, 15) is 9.59 Å². The van der Waals surface area contributed by atoms with E-state index in [0.29, 0.717) is 31.0 Å². The molecule has 0 unspecified atom stereocenters. The minimum atomic E-state index is -0.200. The molecule has 2 aromatic rings. The first-order valence-corrected chi connectivity index (χ1v) is 10.6. The topological polar surface area (TPSA) is 78.4 Å². The van der Waals surface area contributed by atoms with Gasteiger partial charge in [-0.05, 0) is 43.0 Å². The number of nitrogens with one attached hydrogen (secondary N) is 1. The Kier molecular flexibility index (Phi) is 5.70. The Bertz CT molecular complexity index is 896. The van der Waals surface area contributed by atoms with E-state index in [1.165, 1.54) is 0 Å². The molecule has 0 aromatic carbocycles. The summed E-state index contributed by atoms with van der Waals surface area (Å²) >= 11 is 0. The zero-order valence-corrected chi connectivity index (χ0v) is 17.7. The molecule has 158 valence electrons. The zero-order chi connectivity index (χ0) is 21.1. The number of hydrogen-bond donors (Lipinski definition) is 1. The van der Waals surface area contributed by atoms with Crippen molar-refractivity contribution in [1.29, 1.82) is 0 Å². The zero-order valence-electron chi connectivity index (χ0n) is 17.7. The van der Waals surface area contributed by atoms with Crippen LogP contribution in [0.2, 0.25) is 0 Å². The molecule has 2 aliphatic rings. The summed E-state index contributed by atoms with van der Waals surface area (Å²) in [6, 6.07) is 7.61. The van der Waals surface area contributed by atoms with Crippen LogP contribution in [0.15, 0.2) is 42.9 Å². The number of rotatable bonds is 6. The molecule has 4 rings (SSSR count). The summed E-state index contributed by atoms with van der Waals surface area (Å²) in [6.45, 7) is 3.93. The van der Waals surface area contributed by atoms with Gasteiger partial charge in [0.2, 0.25) is 5.91 Å². The number of carbonyl (C=O) groups excluding carboxylic acids is 2. The molecule has 7 nitrogen and oxygen atoms in total. The lowest BCUT2D eigenvalue weighted by molar-refractivity contribution is -0.146. The maximum atomic E-state index is 12.9. The molecule has 1 saturated heterocycles. The Labute approximate surface area is 177 Å². The molecule has 1 atom stereocenters. The van der Waals surface area contributed by atoms with Crippen LogP contribution in [0.3, 0.4) is 0 Å². The quantitative estimate of drug-likeness (QED) is 0.797. The molecular weight excluding hydrogens is 378 g/mol. The van der Waals surface area contributed by atoms with Gasteiger partial charge in [-0.15, -0.1) is 0 Å². The van der Waals surface area contributed by atoms with Crippen molar-refractivity contribution in [1.82, 2.24) is 19.8 Å². The highest BCUT2D eigenvalue weighted by Gasteiger charge is 2.43. The number of nitrogens with zero attached hydrogens (tertiary/aromatic N) is 4. The van der Waals surface area contributed by atoms with Crippen LogP contribution in [0.25, 0.3) is 0 Å². The van der Waals surface area contributed by atoms with Crippen molar-refractivity contribution in [2.45, 2.75) is 45.2 Å². The average molecular weight is 408 g/mol. The number of hydrogen-bond acceptors (Lipinski definition) is 5. The fraction of sp³-hybridized carbons (Fsp3) is 0.478. The van der Waals surface area contributed by atoms with Crippen molar-refractivity contribution < 1.29 is 9.59 Å². The third kappa shape index (κ3) is 4.15. The van der Waals surface area contributed by atoms with Crippen LogP contribution in [0.4, 0.5) is 5.82 Å². The number of likely N-dealkylation sites (tertiary alicyclic amines) is 1. The molecule has 2 aromatic heterocycles. The Morgan fingerprint density at radius 1 is 1.27 bits per heavy atom. The SMILES string of the molecule is CN(C(=O)C1(C)CCC1)[C@H]1CCN(C(=O)c2ccc(NCc3cccnc3)nc2)C1. The van der Waals surface area contributed by atoms with Gasteiger partial charge in [0.25, 0.3) is 5.91 Å². The number of aromatic nitrogens is 2. The van der Waals surface area contributed by atoms with E-state index < -0.39 is 0 Å². The minimum absolute atomic E-state index is 0.0282. The van der Waals surface area contributed by atoms with Gasteiger partial charge < -0.3 is 15.1 Å². The molecule has 3 heterocycles. The van der Waals surface area contributed by atoms with Crippen molar-refractivity contribution in [2.75, 3.05) is 25.5 Å². The first-order chi connectivity index (χ1) is 14.5. The summed E-state index contributed by atoms with van der Waals surface area (Å²) in [6.07, 6.45) is 9.06. The van der Waals surface area contributed by atoms with E-state index in [-0.39, 0.29) is 23.3 Å². The highest BCUT2D eigenvalue weighted by atomic mass is 16.2. The Balaban J connectivity index is 1.31. The van der Waals surface area contributed by atoms with E-state index in [1.54, 1.807) is 18.5 Å². The molecule has 2 amide bonds. The summed E-state index contributed by atoms with van der Waals surface area (Å²) in [7, 11) is 1.88. The summed E-state index contributed by atoms with van der Waals surface area (Å²) in [5, 5.41) is 3.24. The van der Waals surface area contributed by atoms with E-state index in [1.807, 2.05) is 41.2 Å². The van der Waals surface area contributed by atoms with Gasteiger partial charge in [-0.2, -0.15) is 0 Å². The second kappa shape index (κ2) is 8.42. The lowest BCUT2D eigenvalue weighted by atomic mass is 9.69. The smallest absolute Gasteiger partial charge is 0.255 e. The summed E-state index contributed by atoms with van der Waals surface area (Å²) in [5.74, 6) is 0.909. The monoisotopic (exact) mass is 407 g/mol. The molecule has 0 radical (unpaired) electrons. The van der Waals surface area contributed by atoms with Crippen LogP contribution < -0.4 is 5.32 Å². The van der Waals surface area contributed by atoms with Crippen molar-refractivity contribution in [3.8, 4) is 0 Å². The van der Waals surface area contributed by atoms with Crippen LogP contribution in [0, 0.1) is 5.41 Å². The lowest BCUT2D eigenvalue weighted by Crippen LogP contribution is -2.49. The van der Waals surface area contributed by atoms with Gasteiger partial charge in [0, 0.05) is 50.7 Å². The third-order valence-electron chi connectivity index (χ3n) is 6.50. The van der Waals surface area contributed by atoms with Crippen LogP contribution >= 0.6 is 0 Å². The largest absolute Gasteiger partial charge is 0.366 e. The van der Waals surface area contributed by atoms with Crippen LogP contribution in [0.1, 0.15) is 48.5 Å². The third-order valence-corrected chi connectivity index (χ3v) is 6.50. The molecule has 7 heteroatoms. The molecule has 0 spiro atoms. The molecule has 1 saturated carbocycles. The summed E-state index contributed by atoms with van der Waals surface area (Å²) in [4.78, 5) is 37.8. The second-order valence-corrected chi connectivity index (χ2v) is 8.67. The predicted octanol–water partition coefficient (Wildman–Crippen LogP) is 2.95. The van der Waals surface area contributed by atoms with Gasteiger partial charge >= 0.3 is 0 Å². The van der Waals surface area contributed by atoms with E-state index in [0.717, 1.165) is 31.2 Å². The fourth-order valence-electron chi connectivity index (χ4n) is 4.26. The predicted molar refractivity (Wildman–Crippen MR) is 115 cm³/mol. The maximum Gasteiger partial charge on any atom is 0.255 e. The summed E-state index contributed by atoms with van der Waals surface area (Å²) < 4.78 is 0. The average Bonchev–Trinajstić information content (AvgIpc) is 3.26. The second-order valence-electron chi connectivity index (χ2n) is 8.67.